The molecular formula is C19H23NO3. The molecule has 1 amide bonds. The molecule has 1 atom stereocenters. The van der Waals surface area contributed by atoms with Gasteiger partial charge in [-0.2, -0.15) is 0 Å². The fourth-order valence-electron chi connectivity index (χ4n) is 2.17. The van der Waals surface area contributed by atoms with Crippen molar-refractivity contribution in [3.63, 3.8) is 0 Å². The molecule has 0 aliphatic heterocycles. The fraction of sp³-hybridized carbons (Fsp3) is 0.316. The summed E-state index contributed by atoms with van der Waals surface area (Å²) < 4.78 is 10.9. The summed E-state index contributed by atoms with van der Waals surface area (Å²) in [6.07, 6.45) is 0.0734. The second kappa shape index (κ2) is 8.22. The van der Waals surface area contributed by atoms with Crippen LogP contribution >= 0.6 is 0 Å². The topological polar surface area (TPSA) is 47.6 Å². The Kier molecular flexibility index (Phi) is 6.03. The van der Waals surface area contributed by atoms with Crippen LogP contribution in [0.3, 0.4) is 0 Å². The summed E-state index contributed by atoms with van der Waals surface area (Å²) in [7, 11) is 1.60. The third-order valence-corrected chi connectivity index (χ3v) is 3.57. The van der Waals surface area contributed by atoms with Crippen molar-refractivity contribution in [3.05, 3.63) is 59.7 Å². The number of methoxy groups -OCH3 is 1. The standard InChI is InChI=1S/C19H23NO3/c1-4-18(23-17-7-5-6-16(12-17)22-3)19(21)20-13-15-10-8-14(2)9-11-15/h5-12,18H,4,13H2,1-3H3,(H,20,21). The van der Waals surface area contributed by atoms with Crippen molar-refractivity contribution in [3.8, 4) is 11.5 Å². The molecule has 2 rings (SSSR count). The summed E-state index contributed by atoms with van der Waals surface area (Å²) in [5.41, 5.74) is 2.27. The molecule has 0 aliphatic carbocycles. The molecule has 2 aromatic carbocycles. The lowest BCUT2D eigenvalue weighted by molar-refractivity contribution is -0.128. The normalized spacial score (nSPS) is 11.6. The first-order valence-electron chi connectivity index (χ1n) is 7.76. The molecule has 2 aromatic rings. The van der Waals surface area contributed by atoms with E-state index in [-0.39, 0.29) is 5.91 Å². The van der Waals surface area contributed by atoms with Gasteiger partial charge in [-0.15, -0.1) is 0 Å². The first kappa shape index (κ1) is 16.9. The Morgan fingerprint density at radius 1 is 1.13 bits per heavy atom. The Bertz CT molecular complexity index is 637. The molecule has 0 aliphatic rings. The Morgan fingerprint density at radius 3 is 2.48 bits per heavy atom. The van der Waals surface area contributed by atoms with Gasteiger partial charge in [-0.25, -0.2) is 0 Å². The van der Waals surface area contributed by atoms with Gasteiger partial charge in [0.15, 0.2) is 6.10 Å². The first-order valence-corrected chi connectivity index (χ1v) is 7.76. The van der Waals surface area contributed by atoms with Crippen molar-refractivity contribution in [1.29, 1.82) is 0 Å². The van der Waals surface area contributed by atoms with Crippen LogP contribution in [0.4, 0.5) is 0 Å². The maximum absolute atomic E-state index is 12.3. The van der Waals surface area contributed by atoms with Crippen molar-refractivity contribution < 1.29 is 14.3 Å². The molecule has 23 heavy (non-hydrogen) atoms. The molecule has 0 bridgehead atoms. The van der Waals surface area contributed by atoms with Gasteiger partial charge in [-0.3, -0.25) is 4.79 Å². The number of aryl methyl sites for hydroxylation is 1. The molecule has 0 saturated heterocycles. The smallest absolute Gasteiger partial charge is 0.261 e. The lowest BCUT2D eigenvalue weighted by Gasteiger charge is -2.17. The zero-order valence-electron chi connectivity index (χ0n) is 13.8. The van der Waals surface area contributed by atoms with Crippen molar-refractivity contribution in [2.24, 2.45) is 0 Å². The number of benzene rings is 2. The SMILES string of the molecule is CCC(Oc1cccc(OC)c1)C(=O)NCc1ccc(C)cc1. The minimum atomic E-state index is -0.521. The second-order valence-electron chi connectivity index (χ2n) is 5.40. The molecular weight excluding hydrogens is 290 g/mol. The van der Waals surface area contributed by atoms with E-state index in [0.29, 0.717) is 24.5 Å². The van der Waals surface area contributed by atoms with Crippen molar-refractivity contribution in [1.82, 2.24) is 5.32 Å². The van der Waals surface area contributed by atoms with Crippen molar-refractivity contribution in [2.75, 3.05) is 7.11 Å². The Labute approximate surface area is 137 Å². The molecule has 122 valence electrons. The van der Waals surface area contributed by atoms with Crippen LogP contribution in [-0.4, -0.2) is 19.1 Å². The Morgan fingerprint density at radius 2 is 1.83 bits per heavy atom. The molecule has 4 nitrogen and oxygen atoms in total. The van der Waals surface area contributed by atoms with Gasteiger partial charge in [0.25, 0.3) is 5.91 Å². The highest BCUT2D eigenvalue weighted by atomic mass is 16.5. The number of nitrogens with one attached hydrogen (secondary N) is 1. The van der Waals surface area contributed by atoms with Gasteiger partial charge >= 0.3 is 0 Å². The second-order valence-corrected chi connectivity index (χ2v) is 5.40. The largest absolute Gasteiger partial charge is 0.497 e. The van der Waals surface area contributed by atoms with E-state index in [9.17, 15) is 4.79 Å². The van der Waals surface area contributed by atoms with Crippen LogP contribution in [0, 0.1) is 6.92 Å². The van der Waals surface area contributed by atoms with Crippen molar-refractivity contribution >= 4 is 5.91 Å². The maximum Gasteiger partial charge on any atom is 0.261 e. The molecule has 0 fully saturated rings. The third-order valence-electron chi connectivity index (χ3n) is 3.57. The number of rotatable bonds is 7. The highest BCUT2D eigenvalue weighted by molar-refractivity contribution is 5.81. The van der Waals surface area contributed by atoms with Crippen LogP contribution in [-0.2, 0) is 11.3 Å². The van der Waals surface area contributed by atoms with Crippen LogP contribution in [0.2, 0.25) is 0 Å². The first-order chi connectivity index (χ1) is 11.1. The lowest BCUT2D eigenvalue weighted by Crippen LogP contribution is -2.37. The zero-order chi connectivity index (χ0) is 16.7. The van der Waals surface area contributed by atoms with Crippen LogP contribution in [0.5, 0.6) is 11.5 Å². The van der Waals surface area contributed by atoms with Crippen molar-refractivity contribution in [2.45, 2.75) is 32.9 Å². The minimum absolute atomic E-state index is 0.115. The fourth-order valence-corrected chi connectivity index (χ4v) is 2.17. The number of hydrogen-bond donors (Lipinski definition) is 1. The number of hydrogen-bond acceptors (Lipinski definition) is 3. The summed E-state index contributed by atoms with van der Waals surface area (Å²) in [6.45, 7) is 4.46. The third kappa shape index (κ3) is 5.02. The highest BCUT2D eigenvalue weighted by Gasteiger charge is 2.18. The van der Waals surface area contributed by atoms with Crippen LogP contribution in [0.1, 0.15) is 24.5 Å². The van der Waals surface area contributed by atoms with Gasteiger partial charge in [-0.1, -0.05) is 42.8 Å². The van der Waals surface area contributed by atoms with E-state index in [1.807, 2.05) is 56.3 Å². The predicted molar refractivity (Wildman–Crippen MR) is 90.7 cm³/mol. The number of carbonyl (C=O) groups excluding carboxylic acids is 1. The molecule has 0 radical (unpaired) electrons. The predicted octanol–water partition coefficient (Wildman–Crippen LogP) is 3.48. The van der Waals surface area contributed by atoms with Gasteiger partial charge < -0.3 is 14.8 Å². The van der Waals surface area contributed by atoms with E-state index in [2.05, 4.69) is 5.32 Å². The van der Waals surface area contributed by atoms with Crippen LogP contribution in [0.15, 0.2) is 48.5 Å². The average Bonchev–Trinajstić information content (AvgIpc) is 2.59. The van der Waals surface area contributed by atoms with Gasteiger partial charge in [0.05, 0.1) is 7.11 Å². The van der Waals surface area contributed by atoms with E-state index in [4.69, 9.17) is 9.47 Å². The maximum atomic E-state index is 12.3. The van der Waals surface area contributed by atoms with Gasteiger partial charge in [0.1, 0.15) is 11.5 Å². The van der Waals surface area contributed by atoms with Gasteiger partial charge in [0, 0.05) is 12.6 Å². The van der Waals surface area contributed by atoms with E-state index in [1.54, 1.807) is 13.2 Å². The molecule has 0 spiro atoms. The summed E-state index contributed by atoms with van der Waals surface area (Å²) in [5.74, 6) is 1.22. The monoisotopic (exact) mass is 313 g/mol. The summed E-state index contributed by atoms with van der Waals surface area (Å²) in [4.78, 5) is 12.3. The zero-order valence-corrected chi connectivity index (χ0v) is 13.8. The Hall–Kier alpha value is -2.49. The lowest BCUT2D eigenvalue weighted by atomic mass is 10.1. The van der Waals surface area contributed by atoms with E-state index in [0.717, 1.165) is 5.56 Å². The Balaban J connectivity index is 1.93. The molecule has 0 aromatic heterocycles. The quantitative estimate of drug-likeness (QED) is 0.851. The minimum Gasteiger partial charge on any atom is -0.497 e. The number of ether oxygens (including phenoxy) is 2. The van der Waals surface area contributed by atoms with Crippen LogP contribution < -0.4 is 14.8 Å². The van der Waals surface area contributed by atoms with Gasteiger partial charge in [0.2, 0.25) is 0 Å². The molecule has 1 N–H and O–H groups in total. The summed E-state index contributed by atoms with van der Waals surface area (Å²) in [6, 6.07) is 15.4. The molecule has 0 saturated carbocycles. The number of carbonyl (C=O) groups is 1. The molecule has 1 unspecified atom stereocenters. The van der Waals surface area contributed by atoms with E-state index >= 15 is 0 Å². The van der Waals surface area contributed by atoms with E-state index < -0.39 is 6.10 Å². The average molecular weight is 313 g/mol. The van der Waals surface area contributed by atoms with Crippen LogP contribution in [0.25, 0.3) is 0 Å². The summed E-state index contributed by atoms with van der Waals surface area (Å²) >= 11 is 0. The van der Waals surface area contributed by atoms with Gasteiger partial charge in [-0.05, 0) is 31.0 Å². The van der Waals surface area contributed by atoms with E-state index in [1.165, 1.54) is 5.56 Å². The molecule has 0 heterocycles. The summed E-state index contributed by atoms with van der Waals surface area (Å²) in [5, 5.41) is 2.92. The highest BCUT2D eigenvalue weighted by Crippen LogP contribution is 2.20. The number of amides is 1. The molecule has 4 heteroatoms.